The lowest BCUT2D eigenvalue weighted by atomic mass is 9.84. The highest BCUT2D eigenvalue weighted by Crippen LogP contribution is 2.35. The maximum atomic E-state index is 13.2. The molecular formula is C23H30FN3O5. The van der Waals surface area contributed by atoms with Gasteiger partial charge in [-0.2, -0.15) is 5.10 Å². The lowest BCUT2D eigenvalue weighted by Gasteiger charge is -2.36. The van der Waals surface area contributed by atoms with Crippen molar-refractivity contribution in [2.75, 3.05) is 19.6 Å². The first-order valence-corrected chi connectivity index (χ1v) is 10.9. The van der Waals surface area contributed by atoms with E-state index in [2.05, 4.69) is 23.8 Å². The molecule has 2 N–H and O–H groups in total. The molecule has 8 nitrogen and oxygen atoms in total. The Morgan fingerprint density at radius 1 is 1.12 bits per heavy atom. The Labute approximate surface area is 186 Å². The second-order valence-electron chi connectivity index (χ2n) is 8.44. The van der Waals surface area contributed by atoms with Gasteiger partial charge in [-0.25, -0.2) is 18.7 Å². The molecule has 0 spiro atoms. The Bertz CT molecular complexity index is 908. The third-order valence-corrected chi connectivity index (χ3v) is 5.85. The summed E-state index contributed by atoms with van der Waals surface area (Å²) in [7, 11) is 0. The topological polar surface area (TPSA) is 105 Å². The SMILES string of the molecule is C[C@@H]1CN(CCC2CCCc3c2cnn3-c2ccc(F)cc2)C[C@H](C)O1.O=C(O)C(=O)O. The van der Waals surface area contributed by atoms with Crippen molar-refractivity contribution in [1.29, 1.82) is 0 Å². The van der Waals surface area contributed by atoms with Gasteiger partial charge in [0.25, 0.3) is 0 Å². The van der Waals surface area contributed by atoms with Gasteiger partial charge in [-0.3, -0.25) is 4.90 Å². The summed E-state index contributed by atoms with van der Waals surface area (Å²) in [6.45, 7) is 7.49. The summed E-state index contributed by atoms with van der Waals surface area (Å²) in [6.07, 6.45) is 7.32. The van der Waals surface area contributed by atoms with Gasteiger partial charge in [0.05, 0.1) is 24.1 Å². The van der Waals surface area contributed by atoms with Crippen LogP contribution in [0.4, 0.5) is 4.39 Å². The fourth-order valence-electron chi connectivity index (χ4n) is 4.56. The van der Waals surface area contributed by atoms with Gasteiger partial charge in [0.15, 0.2) is 0 Å². The maximum Gasteiger partial charge on any atom is 0.414 e. The Morgan fingerprint density at radius 2 is 1.75 bits per heavy atom. The summed E-state index contributed by atoms with van der Waals surface area (Å²) in [5, 5.41) is 19.4. The first-order chi connectivity index (χ1) is 15.2. The number of fused-ring (bicyclic) bond motifs is 1. The van der Waals surface area contributed by atoms with Crippen molar-refractivity contribution in [3.8, 4) is 5.69 Å². The summed E-state index contributed by atoms with van der Waals surface area (Å²) in [5.74, 6) is -3.28. The Kier molecular flexibility index (Phi) is 7.98. The van der Waals surface area contributed by atoms with Crippen LogP contribution < -0.4 is 0 Å². The number of benzene rings is 1. The highest BCUT2D eigenvalue weighted by atomic mass is 19.1. The fraction of sp³-hybridized carbons (Fsp3) is 0.522. The van der Waals surface area contributed by atoms with E-state index in [-0.39, 0.29) is 5.82 Å². The minimum Gasteiger partial charge on any atom is -0.473 e. The number of ether oxygens (including phenoxy) is 1. The molecule has 1 aromatic heterocycles. The van der Waals surface area contributed by atoms with E-state index in [1.807, 2.05) is 23.0 Å². The van der Waals surface area contributed by atoms with Crippen LogP contribution in [0.1, 0.15) is 50.3 Å². The smallest absolute Gasteiger partial charge is 0.414 e. The maximum absolute atomic E-state index is 13.2. The summed E-state index contributed by atoms with van der Waals surface area (Å²) in [5.41, 5.74) is 3.63. The normalized spacial score (nSPS) is 23.0. The third kappa shape index (κ3) is 6.14. The average Bonchev–Trinajstić information content (AvgIpc) is 3.17. The van der Waals surface area contributed by atoms with Crippen LogP contribution in [0.3, 0.4) is 0 Å². The molecule has 2 aliphatic rings. The predicted octanol–water partition coefficient (Wildman–Crippen LogP) is 3.09. The van der Waals surface area contributed by atoms with Crippen LogP contribution in [-0.2, 0) is 20.7 Å². The third-order valence-electron chi connectivity index (χ3n) is 5.85. The molecule has 1 aromatic carbocycles. The largest absolute Gasteiger partial charge is 0.473 e. The van der Waals surface area contributed by atoms with Gasteiger partial charge < -0.3 is 14.9 Å². The number of hydrogen-bond acceptors (Lipinski definition) is 5. The van der Waals surface area contributed by atoms with Crippen LogP contribution in [0.2, 0.25) is 0 Å². The number of hydrogen-bond donors (Lipinski definition) is 2. The highest BCUT2D eigenvalue weighted by molar-refractivity contribution is 6.27. The molecule has 174 valence electrons. The van der Waals surface area contributed by atoms with Gasteiger partial charge in [-0.05, 0) is 81.8 Å². The van der Waals surface area contributed by atoms with Crippen LogP contribution in [0.25, 0.3) is 5.69 Å². The summed E-state index contributed by atoms with van der Waals surface area (Å²) in [4.78, 5) is 20.7. The molecule has 2 heterocycles. The van der Waals surface area contributed by atoms with Gasteiger partial charge in [-0.1, -0.05) is 0 Å². The second-order valence-corrected chi connectivity index (χ2v) is 8.44. The average molecular weight is 448 g/mol. The van der Waals surface area contributed by atoms with Crippen LogP contribution in [0.5, 0.6) is 0 Å². The lowest BCUT2D eigenvalue weighted by Crippen LogP contribution is -2.45. The van der Waals surface area contributed by atoms with Crippen molar-refractivity contribution >= 4 is 11.9 Å². The molecule has 32 heavy (non-hydrogen) atoms. The molecule has 9 heteroatoms. The zero-order valence-corrected chi connectivity index (χ0v) is 18.4. The number of halogens is 1. The number of carboxylic acid groups (broad SMARTS) is 2. The minimum atomic E-state index is -1.82. The van der Waals surface area contributed by atoms with Gasteiger partial charge in [-0.15, -0.1) is 0 Å². The number of aliphatic carboxylic acids is 2. The van der Waals surface area contributed by atoms with Crippen molar-refractivity contribution in [3.05, 3.63) is 47.5 Å². The van der Waals surface area contributed by atoms with E-state index in [4.69, 9.17) is 24.5 Å². The summed E-state index contributed by atoms with van der Waals surface area (Å²) < 4.78 is 21.1. The van der Waals surface area contributed by atoms with Crippen molar-refractivity contribution in [3.63, 3.8) is 0 Å². The zero-order valence-electron chi connectivity index (χ0n) is 18.4. The van der Waals surface area contributed by atoms with E-state index in [9.17, 15) is 4.39 Å². The van der Waals surface area contributed by atoms with E-state index in [1.165, 1.54) is 42.7 Å². The molecule has 1 fully saturated rings. The first-order valence-electron chi connectivity index (χ1n) is 10.9. The molecule has 2 aromatic rings. The second kappa shape index (κ2) is 10.7. The van der Waals surface area contributed by atoms with E-state index >= 15 is 0 Å². The Morgan fingerprint density at radius 3 is 2.34 bits per heavy atom. The molecule has 0 bridgehead atoms. The molecule has 1 saturated heterocycles. The molecule has 0 saturated carbocycles. The van der Waals surface area contributed by atoms with Crippen molar-refractivity contribution in [1.82, 2.24) is 14.7 Å². The van der Waals surface area contributed by atoms with Gasteiger partial charge >= 0.3 is 11.9 Å². The van der Waals surface area contributed by atoms with E-state index in [0.717, 1.165) is 31.7 Å². The molecular weight excluding hydrogens is 417 g/mol. The highest BCUT2D eigenvalue weighted by Gasteiger charge is 2.27. The van der Waals surface area contributed by atoms with E-state index in [1.54, 1.807) is 0 Å². The number of carbonyl (C=O) groups is 2. The molecule has 1 aliphatic heterocycles. The molecule has 3 atom stereocenters. The van der Waals surface area contributed by atoms with Crippen molar-refractivity contribution in [2.24, 2.45) is 0 Å². The lowest BCUT2D eigenvalue weighted by molar-refractivity contribution is -0.159. The number of morpholine rings is 1. The van der Waals surface area contributed by atoms with Crippen LogP contribution in [0, 0.1) is 5.82 Å². The Balaban J connectivity index is 0.000000427. The van der Waals surface area contributed by atoms with Crippen LogP contribution in [-0.4, -0.2) is 68.7 Å². The van der Waals surface area contributed by atoms with E-state index in [0.29, 0.717) is 18.1 Å². The standard InChI is InChI=1S/C21H28FN3O.C2H2O4/c1-15-13-24(14-16(2)26-15)11-10-17-4-3-5-21-20(17)12-23-25(21)19-8-6-18(22)7-9-19;3-1(4)2(5)6/h6-9,12,15-17H,3-5,10-11,13-14H2,1-2H3;(H,3,4)(H,5,6)/t15-,16+,17?;. The van der Waals surface area contributed by atoms with E-state index < -0.39 is 11.9 Å². The molecule has 1 aliphatic carbocycles. The quantitative estimate of drug-likeness (QED) is 0.694. The zero-order chi connectivity index (χ0) is 23.3. The molecule has 4 rings (SSSR count). The van der Waals surface area contributed by atoms with Gasteiger partial charge in [0.2, 0.25) is 0 Å². The molecule has 0 amide bonds. The van der Waals surface area contributed by atoms with Crippen molar-refractivity contribution in [2.45, 2.75) is 57.7 Å². The number of rotatable bonds is 4. The molecule has 1 unspecified atom stereocenters. The van der Waals surface area contributed by atoms with Crippen LogP contribution in [0.15, 0.2) is 30.5 Å². The summed E-state index contributed by atoms with van der Waals surface area (Å²) >= 11 is 0. The fourth-order valence-corrected chi connectivity index (χ4v) is 4.56. The van der Waals surface area contributed by atoms with Gasteiger partial charge in [0, 0.05) is 18.8 Å². The van der Waals surface area contributed by atoms with Crippen LogP contribution >= 0.6 is 0 Å². The number of nitrogens with zero attached hydrogens (tertiary/aromatic N) is 3. The molecule has 0 radical (unpaired) electrons. The van der Waals surface area contributed by atoms with Gasteiger partial charge in [0.1, 0.15) is 5.82 Å². The Hall–Kier alpha value is -2.78. The first kappa shape index (κ1) is 23.9. The van der Waals surface area contributed by atoms with Crippen molar-refractivity contribution < 1.29 is 28.9 Å². The number of carboxylic acids is 2. The number of aromatic nitrogens is 2. The summed E-state index contributed by atoms with van der Waals surface area (Å²) in [6, 6.07) is 6.63. The predicted molar refractivity (Wildman–Crippen MR) is 116 cm³/mol. The minimum absolute atomic E-state index is 0.207. The monoisotopic (exact) mass is 447 g/mol.